The fraction of sp³-hybridized carbons (Fsp3) is 0.0952. The first-order valence-electron chi connectivity index (χ1n) is 8.65. The number of nitrogens with one attached hydrogen (secondary N) is 1. The van der Waals surface area contributed by atoms with Gasteiger partial charge in [-0.05, 0) is 42.8 Å². The zero-order valence-electron chi connectivity index (χ0n) is 14.9. The number of rotatable bonds is 4. The first-order valence-corrected chi connectivity index (χ1v) is 9.47. The molecule has 0 saturated carbocycles. The zero-order valence-corrected chi connectivity index (χ0v) is 15.7. The number of benzene rings is 2. The molecule has 4 rings (SSSR count). The Hall–Kier alpha value is -3.32. The minimum absolute atomic E-state index is 0.273. The van der Waals surface area contributed by atoms with Gasteiger partial charge in [-0.25, -0.2) is 9.37 Å². The highest BCUT2D eigenvalue weighted by Gasteiger charge is 2.19. The normalized spacial score (nSPS) is 12.1. The number of hydrogen-bond donors (Lipinski definition) is 1. The van der Waals surface area contributed by atoms with E-state index in [1.807, 2.05) is 36.4 Å². The Kier molecular flexibility index (Phi) is 4.75. The summed E-state index contributed by atoms with van der Waals surface area (Å²) in [5.74, 6) is -0.767. The van der Waals surface area contributed by atoms with Crippen molar-refractivity contribution in [2.75, 3.05) is 5.32 Å². The summed E-state index contributed by atoms with van der Waals surface area (Å²) >= 11 is 1.44. The van der Waals surface area contributed by atoms with Gasteiger partial charge < -0.3 is 5.32 Å². The van der Waals surface area contributed by atoms with Crippen LogP contribution in [-0.4, -0.2) is 15.5 Å². The van der Waals surface area contributed by atoms with Gasteiger partial charge in [0.05, 0.1) is 11.7 Å². The Morgan fingerprint density at radius 1 is 1.14 bits per heavy atom. The highest BCUT2D eigenvalue weighted by molar-refractivity contribution is 7.21. The van der Waals surface area contributed by atoms with Gasteiger partial charge in [0.2, 0.25) is 5.91 Å². The summed E-state index contributed by atoms with van der Waals surface area (Å²) in [4.78, 5) is 31.4. The number of halogens is 1. The van der Waals surface area contributed by atoms with Gasteiger partial charge in [-0.2, -0.15) is 0 Å². The maximum Gasteiger partial charge on any atom is 0.262 e. The predicted octanol–water partition coefficient (Wildman–Crippen LogP) is 4.46. The van der Waals surface area contributed by atoms with Crippen molar-refractivity contribution in [3.05, 3.63) is 83.2 Å². The van der Waals surface area contributed by atoms with Crippen LogP contribution in [0.1, 0.15) is 13.0 Å². The van der Waals surface area contributed by atoms with Gasteiger partial charge >= 0.3 is 0 Å². The quantitative estimate of drug-likeness (QED) is 0.557. The molecule has 1 amide bonds. The lowest BCUT2D eigenvalue weighted by atomic mass is 10.2. The summed E-state index contributed by atoms with van der Waals surface area (Å²) in [6, 6.07) is 16.3. The van der Waals surface area contributed by atoms with E-state index in [0.717, 1.165) is 10.4 Å². The van der Waals surface area contributed by atoms with Crippen molar-refractivity contribution in [3.8, 4) is 10.4 Å². The Morgan fingerprint density at radius 3 is 2.57 bits per heavy atom. The van der Waals surface area contributed by atoms with E-state index in [1.54, 1.807) is 6.92 Å². The van der Waals surface area contributed by atoms with Crippen molar-refractivity contribution in [2.24, 2.45) is 0 Å². The van der Waals surface area contributed by atoms with Gasteiger partial charge in [-0.1, -0.05) is 30.3 Å². The minimum atomic E-state index is -0.769. The molecule has 7 heteroatoms. The van der Waals surface area contributed by atoms with Crippen molar-refractivity contribution < 1.29 is 9.18 Å². The lowest BCUT2D eigenvalue weighted by Gasteiger charge is -2.14. The highest BCUT2D eigenvalue weighted by Crippen LogP contribution is 2.30. The Bertz CT molecular complexity index is 1200. The second-order valence-corrected chi connectivity index (χ2v) is 7.36. The molecule has 2 aromatic heterocycles. The molecule has 0 aliphatic rings. The molecule has 4 aromatic rings. The summed E-state index contributed by atoms with van der Waals surface area (Å²) in [5.41, 5.74) is 1.20. The van der Waals surface area contributed by atoms with Gasteiger partial charge in [-0.15, -0.1) is 11.3 Å². The van der Waals surface area contributed by atoms with Crippen LogP contribution in [0.5, 0.6) is 0 Å². The van der Waals surface area contributed by atoms with E-state index in [-0.39, 0.29) is 17.3 Å². The summed E-state index contributed by atoms with van der Waals surface area (Å²) in [6.07, 6.45) is 1.39. The van der Waals surface area contributed by atoms with E-state index >= 15 is 0 Å². The average molecular weight is 393 g/mol. The van der Waals surface area contributed by atoms with Crippen LogP contribution in [0.4, 0.5) is 10.1 Å². The average Bonchev–Trinajstić information content (AvgIpc) is 3.15. The molecular weight excluding hydrogens is 377 g/mol. The van der Waals surface area contributed by atoms with Crippen molar-refractivity contribution in [3.63, 3.8) is 0 Å². The van der Waals surface area contributed by atoms with E-state index < -0.39 is 6.04 Å². The maximum atomic E-state index is 13.0. The summed E-state index contributed by atoms with van der Waals surface area (Å²) in [5, 5.41) is 3.16. The van der Waals surface area contributed by atoms with E-state index in [9.17, 15) is 14.0 Å². The molecule has 28 heavy (non-hydrogen) atoms. The van der Waals surface area contributed by atoms with E-state index in [4.69, 9.17) is 0 Å². The lowest BCUT2D eigenvalue weighted by Crippen LogP contribution is -2.31. The molecule has 0 aliphatic heterocycles. The molecule has 140 valence electrons. The Morgan fingerprint density at radius 2 is 1.86 bits per heavy atom. The first kappa shape index (κ1) is 18.1. The minimum Gasteiger partial charge on any atom is -0.324 e. The molecule has 0 spiro atoms. The van der Waals surface area contributed by atoms with Gasteiger partial charge in [-0.3, -0.25) is 14.2 Å². The van der Waals surface area contributed by atoms with Crippen LogP contribution < -0.4 is 10.9 Å². The van der Waals surface area contributed by atoms with E-state index in [2.05, 4.69) is 10.3 Å². The van der Waals surface area contributed by atoms with Crippen LogP contribution in [0.15, 0.2) is 71.8 Å². The largest absolute Gasteiger partial charge is 0.324 e. The maximum absolute atomic E-state index is 13.0. The number of carbonyl (C=O) groups excluding carboxylic acids is 1. The van der Waals surface area contributed by atoms with Gasteiger partial charge in [0, 0.05) is 10.6 Å². The van der Waals surface area contributed by atoms with Crippen LogP contribution >= 0.6 is 11.3 Å². The third-order valence-electron chi connectivity index (χ3n) is 4.44. The number of hydrogen-bond acceptors (Lipinski definition) is 4. The number of fused-ring (bicyclic) bond motifs is 1. The molecule has 1 atom stereocenters. The van der Waals surface area contributed by atoms with Crippen LogP contribution in [0.3, 0.4) is 0 Å². The highest BCUT2D eigenvalue weighted by atomic mass is 32.1. The molecule has 0 fully saturated rings. The monoisotopic (exact) mass is 393 g/mol. The zero-order chi connectivity index (χ0) is 19.7. The summed E-state index contributed by atoms with van der Waals surface area (Å²) < 4.78 is 14.3. The van der Waals surface area contributed by atoms with Crippen LogP contribution in [-0.2, 0) is 4.79 Å². The molecule has 0 aliphatic carbocycles. The van der Waals surface area contributed by atoms with E-state index in [0.29, 0.717) is 15.9 Å². The predicted molar refractivity (Wildman–Crippen MR) is 109 cm³/mol. The molecule has 1 N–H and O–H groups in total. The van der Waals surface area contributed by atoms with Crippen molar-refractivity contribution in [1.82, 2.24) is 9.55 Å². The molecule has 0 saturated heterocycles. The SMILES string of the molecule is C[C@H](C(=O)Nc1ccc(F)cc1)n1cnc2sc(-c3ccccc3)cc2c1=O. The molecule has 2 heterocycles. The number of amides is 1. The number of aromatic nitrogens is 2. The van der Waals surface area contributed by atoms with E-state index in [1.165, 1.54) is 46.5 Å². The van der Waals surface area contributed by atoms with Gasteiger partial charge in [0.1, 0.15) is 16.7 Å². The molecule has 0 bridgehead atoms. The van der Waals surface area contributed by atoms with Crippen LogP contribution in [0.25, 0.3) is 20.7 Å². The Balaban J connectivity index is 1.64. The standard InChI is InChI=1S/C21H16FN3O2S/c1-13(19(26)24-16-9-7-15(22)8-10-16)25-12-23-20-17(21(25)27)11-18(28-20)14-5-3-2-4-6-14/h2-13H,1H3,(H,24,26)/t13-/m1/s1. The number of thiophene rings is 1. The molecular formula is C21H16FN3O2S. The first-order chi connectivity index (χ1) is 13.5. The fourth-order valence-electron chi connectivity index (χ4n) is 2.86. The second-order valence-electron chi connectivity index (χ2n) is 6.32. The van der Waals surface area contributed by atoms with Gasteiger partial charge in [0.15, 0.2) is 0 Å². The third-order valence-corrected chi connectivity index (χ3v) is 5.54. The van der Waals surface area contributed by atoms with Gasteiger partial charge in [0.25, 0.3) is 5.56 Å². The smallest absolute Gasteiger partial charge is 0.262 e. The molecule has 0 unspecified atom stereocenters. The lowest BCUT2D eigenvalue weighted by molar-refractivity contribution is -0.118. The Labute approximate surface area is 164 Å². The van der Waals surface area contributed by atoms with Crippen molar-refractivity contribution >= 4 is 33.1 Å². The fourth-order valence-corrected chi connectivity index (χ4v) is 3.86. The molecule has 0 radical (unpaired) electrons. The topological polar surface area (TPSA) is 64.0 Å². The summed E-state index contributed by atoms with van der Waals surface area (Å²) in [6.45, 7) is 1.62. The second kappa shape index (κ2) is 7.36. The number of nitrogens with zero attached hydrogens (tertiary/aromatic N) is 2. The number of carbonyl (C=O) groups is 1. The van der Waals surface area contributed by atoms with Crippen molar-refractivity contribution in [2.45, 2.75) is 13.0 Å². The number of anilines is 1. The molecule has 2 aromatic carbocycles. The van der Waals surface area contributed by atoms with Crippen LogP contribution in [0.2, 0.25) is 0 Å². The summed E-state index contributed by atoms with van der Waals surface area (Å²) in [7, 11) is 0. The third kappa shape index (κ3) is 3.44. The van der Waals surface area contributed by atoms with Crippen LogP contribution in [0, 0.1) is 5.82 Å². The van der Waals surface area contributed by atoms with Crippen molar-refractivity contribution in [1.29, 1.82) is 0 Å². The molecule has 5 nitrogen and oxygen atoms in total.